The summed E-state index contributed by atoms with van der Waals surface area (Å²) in [6.45, 7) is 1.73. The summed E-state index contributed by atoms with van der Waals surface area (Å²) in [7, 11) is 0. The molecule has 0 aliphatic carbocycles. The molecule has 1 fully saturated rings. The molecule has 0 spiro atoms. The standard InChI is InChI=1S/C13H16BrF2N/c14-11-1-2-12(15)10(7-11)8-13(16)9-3-5-17-6-4-9/h1-2,7,9,13,17H,3-6,8H2. The molecule has 0 aromatic heterocycles. The number of hydrogen-bond acceptors (Lipinski definition) is 1. The van der Waals surface area contributed by atoms with Gasteiger partial charge in [-0.05, 0) is 55.6 Å². The Hall–Kier alpha value is -0.480. The van der Waals surface area contributed by atoms with E-state index in [1.165, 1.54) is 6.07 Å². The fourth-order valence-electron chi connectivity index (χ4n) is 2.28. The van der Waals surface area contributed by atoms with E-state index in [1.54, 1.807) is 12.1 Å². The smallest absolute Gasteiger partial charge is 0.126 e. The van der Waals surface area contributed by atoms with Gasteiger partial charge < -0.3 is 5.32 Å². The summed E-state index contributed by atoms with van der Waals surface area (Å²) in [5.41, 5.74) is 0.463. The van der Waals surface area contributed by atoms with Crippen LogP contribution in [0.2, 0.25) is 0 Å². The number of nitrogens with one attached hydrogen (secondary N) is 1. The van der Waals surface area contributed by atoms with Gasteiger partial charge in [0, 0.05) is 10.9 Å². The maximum Gasteiger partial charge on any atom is 0.126 e. The van der Waals surface area contributed by atoms with Crippen LogP contribution in [0.3, 0.4) is 0 Å². The van der Waals surface area contributed by atoms with E-state index in [-0.39, 0.29) is 18.2 Å². The summed E-state index contributed by atoms with van der Waals surface area (Å²) in [6, 6.07) is 4.69. The molecule has 1 aliphatic heterocycles. The van der Waals surface area contributed by atoms with Crippen molar-refractivity contribution < 1.29 is 8.78 Å². The molecule has 1 aromatic carbocycles. The molecule has 1 heterocycles. The molecule has 17 heavy (non-hydrogen) atoms. The van der Waals surface area contributed by atoms with Crippen molar-refractivity contribution in [1.29, 1.82) is 0 Å². The van der Waals surface area contributed by atoms with E-state index >= 15 is 0 Å². The Bertz CT molecular complexity index is 378. The number of halogens is 3. The van der Waals surface area contributed by atoms with Crippen LogP contribution in [0, 0.1) is 11.7 Å². The van der Waals surface area contributed by atoms with E-state index in [9.17, 15) is 8.78 Å². The fraction of sp³-hybridized carbons (Fsp3) is 0.538. The van der Waals surface area contributed by atoms with Gasteiger partial charge >= 0.3 is 0 Å². The van der Waals surface area contributed by atoms with Gasteiger partial charge in [-0.3, -0.25) is 0 Å². The highest BCUT2D eigenvalue weighted by Crippen LogP contribution is 2.24. The second kappa shape index (κ2) is 5.91. The molecule has 94 valence electrons. The van der Waals surface area contributed by atoms with Crippen molar-refractivity contribution in [2.45, 2.75) is 25.4 Å². The maximum absolute atomic E-state index is 14.1. The first-order chi connectivity index (χ1) is 8.16. The van der Waals surface area contributed by atoms with Gasteiger partial charge in [0.05, 0.1) is 0 Å². The summed E-state index contributed by atoms with van der Waals surface area (Å²) in [4.78, 5) is 0. The van der Waals surface area contributed by atoms with Gasteiger partial charge in [0.25, 0.3) is 0 Å². The van der Waals surface area contributed by atoms with Crippen LogP contribution in [0.4, 0.5) is 8.78 Å². The summed E-state index contributed by atoms with van der Waals surface area (Å²) in [5.74, 6) is -0.251. The van der Waals surface area contributed by atoms with Crippen molar-refractivity contribution in [3.8, 4) is 0 Å². The zero-order valence-corrected chi connectivity index (χ0v) is 11.1. The molecular formula is C13H16BrF2N. The van der Waals surface area contributed by atoms with E-state index in [1.807, 2.05) is 0 Å². The molecule has 1 saturated heterocycles. The van der Waals surface area contributed by atoms with Crippen molar-refractivity contribution in [3.63, 3.8) is 0 Å². The zero-order valence-electron chi connectivity index (χ0n) is 9.56. The second-order valence-electron chi connectivity index (χ2n) is 4.54. The quantitative estimate of drug-likeness (QED) is 0.901. The van der Waals surface area contributed by atoms with Crippen LogP contribution >= 0.6 is 15.9 Å². The average molecular weight is 304 g/mol. The molecule has 0 saturated carbocycles. The third-order valence-corrected chi connectivity index (χ3v) is 3.81. The minimum Gasteiger partial charge on any atom is -0.317 e. The van der Waals surface area contributed by atoms with Crippen LogP contribution in [-0.4, -0.2) is 19.3 Å². The van der Waals surface area contributed by atoms with Gasteiger partial charge in [-0.1, -0.05) is 15.9 Å². The van der Waals surface area contributed by atoms with Crippen LogP contribution in [-0.2, 0) is 6.42 Å². The Morgan fingerprint density at radius 1 is 1.35 bits per heavy atom. The Balaban J connectivity index is 2.01. The lowest BCUT2D eigenvalue weighted by Gasteiger charge is -2.25. The predicted molar refractivity (Wildman–Crippen MR) is 68.3 cm³/mol. The molecule has 1 N–H and O–H groups in total. The Morgan fingerprint density at radius 2 is 2.06 bits per heavy atom. The fourth-order valence-corrected chi connectivity index (χ4v) is 2.69. The first-order valence-corrected chi connectivity index (χ1v) is 6.75. The Morgan fingerprint density at radius 3 is 2.76 bits per heavy atom. The van der Waals surface area contributed by atoms with Crippen molar-refractivity contribution in [1.82, 2.24) is 5.32 Å². The maximum atomic E-state index is 14.1. The lowest BCUT2D eigenvalue weighted by Crippen LogP contribution is -2.33. The summed E-state index contributed by atoms with van der Waals surface area (Å²) in [5, 5.41) is 3.21. The number of benzene rings is 1. The molecule has 1 aromatic rings. The Labute approximate surface area is 109 Å². The van der Waals surface area contributed by atoms with Crippen molar-refractivity contribution >= 4 is 15.9 Å². The largest absolute Gasteiger partial charge is 0.317 e. The summed E-state index contributed by atoms with van der Waals surface area (Å²) in [6.07, 6.45) is 0.921. The van der Waals surface area contributed by atoms with Crippen LogP contribution in [0.5, 0.6) is 0 Å². The number of piperidine rings is 1. The highest BCUT2D eigenvalue weighted by Gasteiger charge is 2.24. The van der Waals surface area contributed by atoms with Crippen molar-refractivity contribution in [2.75, 3.05) is 13.1 Å². The van der Waals surface area contributed by atoms with Crippen LogP contribution in [0.15, 0.2) is 22.7 Å². The zero-order chi connectivity index (χ0) is 12.3. The summed E-state index contributed by atoms with van der Waals surface area (Å²) >= 11 is 3.28. The van der Waals surface area contributed by atoms with Gasteiger partial charge in [-0.25, -0.2) is 8.78 Å². The van der Waals surface area contributed by atoms with Crippen LogP contribution < -0.4 is 5.32 Å². The topological polar surface area (TPSA) is 12.0 Å². The number of hydrogen-bond donors (Lipinski definition) is 1. The molecule has 0 radical (unpaired) electrons. The molecule has 1 atom stereocenters. The van der Waals surface area contributed by atoms with Crippen molar-refractivity contribution in [2.24, 2.45) is 5.92 Å². The van der Waals surface area contributed by atoms with E-state index in [2.05, 4.69) is 21.2 Å². The van der Waals surface area contributed by atoms with Gasteiger partial charge in [0.15, 0.2) is 0 Å². The van der Waals surface area contributed by atoms with E-state index < -0.39 is 6.17 Å². The van der Waals surface area contributed by atoms with Gasteiger partial charge in [0.1, 0.15) is 12.0 Å². The highest BCUT2D eigenvalue weighted by molar-refractivity contribution is 9.10. The van der Waals surface area contributed by atoms with Crippen molar-refractivity contribution in [3.05, 3.63) is 34.1 Å². The van der Waals surface area contributed by atoms with E-state index in [0.717, 1.165) is 30.4 Å². The molecule has 0 amide bonds. The van der Waals surface area contributed by atoms with Gasteiger partial charge in [-0.2, -0.15) is 0 Å². The average Bonchev–Trinajstić information content (AvgIpc) is 2.35. The lowest BCUT2D eigenvalue weighted by molar-refractivity contribution is 0.186. The van der Waals surface area contributed by atoms with Crippen LogP contribution in [0.1, 0.15) is 18.4 Å². The first kappa shape index (κ1) is 13.0. The van der Waals surface area contributed by atoms with Crippen LogP contribution in [0.25, 0.3) is 0 Å². The predicted octanol–water partition coefficient (Wildman–Crippen LogP) is 3.47. The normalized spacial score (nSPS) is 19.2. The van der Waals surface area contributed by atoms with E-state index in [0.29, 0.717) is 5.56 Å². The summed E-state index contributed by atoms with van der Waals surface area (Å²) < 4.78 is 28.4. The molecule has 4 heteroatoms. The lowest BCUT2D eigenvalue weighted by atomic mass is 9.89. The molecule has 2 rings (SSSR count). The van der Waals surface area contributed by atoms with Gasteiger partial charge in [0.2, 0.25) is 0 Å². The SMILES string of the molecule is Fc1ccc(Br)cc1CC(F)C1CCNCC1. The molecular weight excluding hydrogens is 288 g/mol. The molecule has 1 nitrogen and oxygen atoms in total. The molecule has 1 unspecified atom stereocenters. The third kappa shape index (κ3) is 3.49. The molecule has 0 bridgehead atoms. The minimum atomic E-state index is -0.944. The van der Waals surface area contributed by atoms with E-state index in [4.69, 9.17) is 0 Å². The van der Waals surface area contributed by atoms with Gasteiger partial charge in [-0.15, -0.1) is 0 Å². The third-order valence-electron chi connectivity index (χ3n) is 3.32. The Kier molecular flexibility index (Phi) is 4.51. The number of alkyl halides is 1. The first-order valence-electron chi connectivity index (χ1n) is 5.95. The minimum absolute atomic E-state index is 0.0645. The molecule has 1 aliphatic rings. The highest BCUT2D eigenvalue weighted by atomic mass is 79.9. The monoisotopic (exact) mass is 303 g/mol. The second-order valence-corrected chi connectivity index (χ2v) is 5.46. The number of rotatable bonds is 3.